The number of likely N-dealkylation sites (tertiary alicyclic amines) is 2. The van der Waals surface area contributed by atoms with Crippen LogP contribution in [0.3, 0.4) is 0 Å². The van der Waals surface area contributed by atoms with Crippen LogP contribution in [0.1, 0.15) is 127 Å². The number of nitrogens with one attached hydrogen (secondary N) is 3. The maximum Gasteiger partial charge on any atom is 0.411 e. The maximum absolute atomic E-state index is 14.2. The Kier molecular flexibility index (Phi) is 34.0. The normalized spacial score (nSPS) is 17.6. The lowest BCUT2D eigenvalue weighted by Crippen LogP contribution is -2.55. The van der Waals surface area contributed by atoms with Gasteiger partial charge in [-0.3, -0.25) is 38.7 Å². The molecule has 0 unspecified atom stereocenters. The van der Waals surface area contributed by atoms with E-state index in [1.807, 2.05) is 219 Å². The Morgan fingerprint density at radius 1 is 0.491 bits per heavy atom. The van der Waals surface area contributed by atoms with Gasteiger partial charge in [-0.2, -0.15) is 5.26 Å². The molecule has 4 aliphatic rings. The summed E-state index contributed by atoms with van der Waals surface area (Å²) in [6.45, 7) is 27.3. The van der Waals surface area contributed by atoms with E-state index in [4.69, 9.17) is 29.8 Å². The van der Waals surface area contributed by atoms with Crippen molar-refractivity contribution in [2.24, 2.45) is 29.4 Å². The number of nitriles is 1. The zero-order chi connectivity index (χ0) is 84.8. The summed E-state index contributed by atoms with van der Waals surface area (Å²) in [4.78, 5) is 147. The van der Waals surface area contributed by atoms with Crippen molar-refractivity contribution in [3.8, 4) is 6.07 Å². The van der Waals surface area contributed by atoms with E-state index in [1.54, 1.807) is 12.1 Å². The van der Waals surface area contributed by atoms with E-state index in [0.717, 1.165) is 33.4 Å². The molecule has 27 nitrogen and oxygen atoms in total. The van der Waals surface area contributed by atoms with Gasteiger partial charge in [-0.15, -0.1) is 19.7 Å². The Bertz CT molecular complexity index is 4430. The number of primary amides is 1. The molecule has 10 rings (SSSR count). The number of benzene rings is 6. The van der Waals surface area contributed by atoms with Gasteiger partial charge in [0.05, 0.1) is 16.9 Å². The monoisotopic (exact) mass is 1590 g/mol. The number of nitrogens with zero attached hydrogens (tertiary/aromatic N) is 6. The molecular weight excluding hydrogens is 1480 g/mol. The van der Waals surface area contributed by atoms with Crippen LogP contribution < -0.4 is 21.7 Å². The van der Waals surface area contributed by atoms with Gasteiger partial charge in [-0.1, -0.05) is 231 Å². The van der Waals surface area contributed by atoms with E-state index in [0.29, 0.717) is 37.1 Å². The smallest absolute Gasteiger partial charge is 0.411 e. The fraction of sp³-hybridized carbons (Fsp3) is 0.393. The number of carboxylic acid groups (broad SMARTS) is 2. The van der Waals surface area contributed by atoms with Gasteiger partial charge in [0.25, 0.3) is 0 Å². The number of fused-ring (bicyclic) bond motifs is 4. The minimum Gasteiger partial charge on any atom is -0.480 e. The van der Waals surface area contributed by atoms with Crippen molar-refractivity contribution in [1.82, 2.24) is 29.8 Å². The molecule has 0 aliphatic carbocycles. The minimum atomic E-state index is -1.09. The molecule has 2 spiro atoms. The molecule has 6 aromatic rings. The van der Waals surface area contributed by atoms with Gasteiger partial charge >= 0.3 is 36.3 Å². The lowest BCUT2D eigenvalue weighted by Gasteiger charge is -2.35. The third-order valence-electron chi connectivity index (χ3n) is 19.9. The second kappa shape index (κ2) is 43.6. The second-order valence-corrected chi connectivity index (χ2v) is 30.5. The molecule has 2 saturated heterocycles. The first kappa shape index (κ1) is 90.6. The summed E-state index contributed by atoms with van der Waals surface area (Å²) >= 11 is 0. The highest BCUT2D eigenvalue weighted by atomic mass is 16.6. The average molecular weight is 1590 g/mol. The van der Waals surface area contributed by atoms with Crippen molar-refractivity contribution in [3.63, 3.8) is 0 Å². The van der Waals surface area contributed by atoms with Gasteiger partial charge in [0, 0.05) is 50.5 Å². The lowest BCUT2D eigenvalue weighted by atomic mass is 9.79. The molecular formula is C89H108N10O17. The molecule has 2 fully saturated rings. The van der Waals surface area contributed by atoms with Crippen LogP contribution in [0.5, 0.6) is 0 Å². The fourth-order valence-corrected chi connectivity index (χ4v) is 14.3. The van der Waals surface area contributed by atoms with E-state index in [2.05, 4.69) is 41.8 Å². The summed E-state index contributed by atoms with van der Waals surface area (Å²) in [7, 11) is 0. The van der Waals surface area contributed by atoms with Crippen LogP contribution in [0, 0.1) is 35.0 Å². The Morgan fingerprint density at radius 2 is 0.819 bits per heavy atom. The molecule has 116 heavy (non-hydrogen) atoms. The first-order valence-corrected chi connectivity index (χ1v) is 38.7. The molecule has 0 radical (unpaired) electrons. The maximum atomic E-state index is 14.2. The Hall–Kier alpha value is -12.6. The third-order valence-corrected chi connectivity index (χ3v) is 19.9. The number of alkyl carbamates (subject to hydrolysis) is 1. The standard InChI is InChI=1S/C29H34N4O5.C29H32N4O4.C17H23NO4.C14H19NO4/c1-4-14-32(28(37)38-17-20-10-6-5-7-11-20)23(15-19(2)3)26(35)33-18-29(16-24(33)25(30)34)21-12-8-9-13-22(21)31-27(29)36;1-4-14-32(28(36)37-18-21-10-6-5-7-11-21)25(15-20(2)3)26(34)33-19-29(16-22(33)17-30)23-12-8-9-13-24(23)31-27(29)35;1-4-10-18(15(16(19)20)11-13(2)3)17(21)22-12-14-8-6-5-7-9-14;1-10(2)8-12(13(16)17)15-14(18)19-9-11-6-4-3-5-7-11/h4-13,19,23-24H,1,14-18H2,2-3H3,(H2,30,34)(H,31,36);4-13,20,22,25H,1,14-16,18-19H2,2-3H3,(H,31,35);4-9,13,15H,1,10-12H2,2-3H3,(H,19,20);3-7,10,12H,8-9H2,1-2H3,(H,15,18)(H,16,17)/t23-,24-,29-;22-,25-,29-;15-;12-/m0000/s1. The van der Waals surface area contributed by atoms with Gasteiger partial charge in [0.1, 0.15) is 62.7 Å². The number of hydrogen-bond donors (Lipinski definition) is 6. The summed E-state index contributed by atoms with van der Waals surface area (Å²) in [6, 6.07) is 48.4. The van der Waals surface area contributed by atoms with Crippen LogP contribution >= 0.6 is 0 Å². The molecule has 0 bridgehead atoms. The molecule has 27 heteroatoms. The van der Waals surface area contributed by atoms with Crippen LogP contribution in [-0.4, -0.2) is 170 Å². The van der Waals surface area contributed by atoms with Crippen molar-refractivity contribution >= 4 is 77.2 Å². The first-order valence-electron chi connectivity index (χ1n) is 38.7. The highest BCUT2D eigenvalue weighted by Crippen LogP contribution is 2.48. The number of para-hydroxylation sites is 2. The summed E-state index contributed by atoms with van der Waals surface area (Å²) < 4.78 is 21.3. The second-order valence-electron chi connectivity index (χ2n) is 30.5. The number of carboxylic acids is 2. The van der Waals surface area contributed by atoms with Crippen molar-refractivity contribution in [2.75, 3.05) is 43.4 Å². The molecule has 6 aromatic carbocycles. The van der Waals surface area contributed by atoms with Crippen LogP contribution in [0.2, 0.25) is 0 Å². The Balaban J connectivity index is 0.000000223. The molecule has 7 N–H and O–H groups in total. The van der Waals surface area contributed by atoms with E-state index in [1.165, 1.54) is 36.7 Å². The predicted octanol–water partition coefficient (Wildman–Crippen LogP) is 13.2. The number of nitrogens with two attached hydrogens (primary N) is 1. The summed E-state index contributed by atoms with van der Waals surface area (Å²) in [6.07, 6.45) is 3.64. The highest BCUT2D eigenvalue weighted by Gasteiger charge is 2.59. The number of rotatable bonds is 31. The average Bonchev–Trinajstić information content (AvgIpc) is 1.58. The fourth-order valence-electron chi connectivity index (χ4n) is 14.3. The van der Waals surface area contributed by atoms with Gasteiger partial charge in [0.2, 0.25) is 29.5 Å². The van der Waals surface area contributed by atoms with Crippen LogP contribution in [-0.2, 0) is 89.8 Å². The third kappa shape index (κ3) is 24.5. The van der Waals surface area contributed by atoms with Crippen molar-refractivity contribution in [2.45, 2.75) is 167 Å². The number of amides is 9. The number of hydrogen-bond acceptors (Lipinski definition) is 16. The molecule has 0 saturated carbocycles. The van der Waals surface area contributed by atoms with E-state index >= 15 is 0 Å². The van der Waals surface area contributed by atoms with Crippen LogP contribution in [0.25, 0.3) is 0 Å². The topological polar surface area (TPSA) is 367 Å². The number of ether oxygens (including phenoxy) is 4. The Labute approximate surface area is 678 Å². The number of anilines is 2. The predicted molar refractivity (Wildman–Crippen MR) is 437 cm³/mol. The van der Waals surface area contributed by atoms with Crippen molar-refractivity contribution in [3.05, 3.63) is 241 Å². The van der Waals surface area contributed by atoms with E-state index in [9.17, 15) is 63.1 Å². The van der Waals surface area contributed by atoms with E-state index < -0.39 is 95.2 Å². The number of aliphatic carboxylic acids is 2. The van der Waals surface area contributed by atoms with Crippen LogP contribution in [0.4, 0.5) is 30.6 Å². The van der Waals surface area contributed by atoms with Gasteiger partial charge in [0.15, 0.2) is 0 Å². The summed E-state index contributed by atoms with van der Waals surface area (Å²) in [5.74, 6) is -3.64. The molecule has 4 aliphatic heterocycles. The molecule has 4 heterocycles. The molecule has 616 valence electrons. The Morgan fingerprint density at radius 3 is 1.16 bits per heavy atom. The molecule has 0 aromatic heterocycles. The van der Waals surface area contributed by atoms with Gasteiger partial charge < -0.3 is 60.6 Å². The molecule has 8 atom stereocenters. The summed E-state index contributed by atoms with van der Waals surface area (Å²) in [5, 5.41) is 36.5. The van der Waals surface area contributed by atoms with Gasteiger partial charge in [-0.25, -0.2) is 28.8 Å². The number of carbonyl (C=O) groups excluding carboxylic acids is 9. The quantitative estimate of drug-likeness (QED) is 0.0174. The zero-order valence-electron chi connectivity index (χ0n) is 67.2. The zero-order valence-corrected chi connectivity index (χ0v) is 67.2. The van der Waals surface area contributed by atoms with Crippen molar-refractivity contribution in [1.29, 1.82) is 5.26 Å². The first-order chi connectivity index (χ1) is 55.4. The van der Waals surface area contributed by atoms with Crippen molar-refractivity contribution < 1.29 is 81.9 Å². The lowest BCUT2D eigenvalue weighted by molar-refractivity contribution is -0.143. The minimum absolute atomic E-state index is 0.0160. The van der Waals surface area contributed by atoms with E-state index in [-0.39, 0.29) is 113 Å². The number of carbonyl (C=O) groups is 11. The SMILES string of the molecule is C=CCN(C(=O)OCc1ccccc1)[C@@H](CC(C)C)C(=O)N1C[C@]2(C[C@H]1C#N)C(=O)Nc1ccccc12.C=CCN(C(=O)OCc1ccccc1)[C@@H](CC(C)C)C(=O)N1C[C@]2(C[C@H]1C(N)=O)C(=O)Nc1ccccc12.C=CCN(C(=O)OCc1ccccc1)[C@@H](CC(C)C)C(=O)O.CC(C)C[C@H](NC(=O)OCc1ccccc1)C(=O)O. The van der Waals surface area contributed by atoms with Gasteiger partial charge in [-0.05, 0) is 101 Å². The largest absolute Gasteiger partial charge is 0.480 e. The summed E-state index contributed by atoms with van der Waals surface area (Å²) in [5.41, 5.74) is 9.92. The van der Waals surface area contributed by atoms with Crippen LogP contribution in [0.15, 0.2) is 208 Å². The highest BCUT2D eigenvalue weighted by molar-refractivity contribution is 6.09. The molecule has 9 amide bonds.